The Labute approximate surface area is 101 Å². The van der Waals surface area contributed by atoms with E-state index in [1.807, 2.05) is 12.1 Å². The van der Waals surface area contributed by atoms with Crippen molar-refractivity contribution in [3.8, 4) is 0 Å². The molecule has 2 atom stereocenters. The smallest absolute Gasteiger partial charge is 0.335 e. The van der Waals surface area contributed by atoms with Gasteiger partial charge in [-0.2, -0.15) is 0 Å². The maximum Gasteiger partial charge on any atom is 0.335 e. The Morgan fingerprint density at radius 2 is 1.82 bits per heavy atom. The van der Waals surface area contributed by atoms with Crippen molar-refractivity contribution in [1.82, 2.24) is 0 Å². The highest BCUT2D eigenvalue weighted by molar-refractivity contribution is 5.73. The average molecular weight is 238 g/mol. The van der Waals surface area contributed by atoms with E-state index >= 15 is 0 Å². The van der Waals surface area contributed by atoms with Crippen molar-refractivity contribution in [2.45, 2.75) is 38.4 Å². The molecule has 3 N–H and O–H groups in total. The molecule has 0 bridgehead atoms. The van der Waals surface area contributed by atoms with Gasteiger partial charge in [-0.1, -0.05) is 37.6 Å². The first-order chi connectivity index (χ1) is 8.06. The van der Waals surface area contributed by atoms with Crippen molar-refractivity contribution in [1.29, 1.82) is 0 Å². The third-order valence-electron chi connectivity index (χ3n) is 2.69. The van der Waals surface area contributed by atoms with Crippen LogP contribution in [0.15, 0.2) is 24.3 Å². The van der Waals surface area contributed by atoms with Gasteiger partial charge in [0, 0.05) is 0 Å². The maximum absolute atomic E-state index is 10.5. The van der Waals surface area contributed by atoms with Crippen LogP contribution in [0, 0.1) is 0 Å². The number of benzene rings is 1. The molecule has 0 heterocycles. The predicted octanol–water partition coefficient (Wildman–Crippen LogP) is 1.51. The second kappa shape index (κ2) is 6.37. The van der Waals surface area contributed by atoms with Gasteiger partial charge in [0.15, 0.2) is 6.10 Å². The number of aryl methyl sites for hydroxylation is 1. The number of unbranched alkanes of at least 4 members (excludes halogenated alkanes) is 1. The van der Waals surface area contributed by atoms with E-state index in [-0.39, 0.29) is 0 Å². The molecule has 1 aromatic carbocycles. The lowest BCUT2D eigenvalue weighted by Crippen LogP contribution is -2.27. The Morgan fingerprint density at radius 1 is 1.24 bits per heavy atom. The SMILES string of the molecule is CCCCc1ccc(C(O)C(O)C(=O)O)cc1. The van der Waals surface area contributed by atoms with Gasteiger partial charge < -0.3 is 15.3 Å². The molecule has 0 aliphatic rings. The van der Waals surface area contributed by atoms with Crippen molar-refractivity contribution in [3.63, 3.8) is 0 Å². The molecule has 0 radical (unpaired) electrons. The topological polar surface area (TPSA) is 77.8 Å². The molecule has 1 rings (SSSR count). The average Bonchev–Trinajstić information content (AvgIpc) is 2.35. The Balaban J connectivity index is 2.69. The lowest BCUT2D eigenvalue weighted by Gasteiger charge is -2.14. The van der Waals surface area contributed by atoms with Gasteiger partial charge in [0.1, 0.15) is 6.10 Å². The Kier molecular flexibility index (Phi) is 5.12. The summed E-state index contributed by atoms with van der Waals surface area (Å²) in [6, 6.07) is 7.01. The zero-order valence-corrected chi connectivity index (χ0v) is 9.84. The van der Waals surface area contributed by atoms with Gasteiger partial charge >= 0.3 is 5.97 Å². The van der Waals surface area contributed by atoms with Crippen LogP contribution in [0.1, 0.15) is 37.0 Å². The molecule has 0 fully saturated rings. The maximum atomic E-state index is 10.5. The number of carboxylic acid groups (broad SMARTS) is 1. The standard InChI is InChI=1S/C13H18O4/c1-2-3-4-9-5-7-10(8-6-9)11(14)12(15)13(16)17/h5-8,11-12,14-15H,2-4H2,1H3,(H,16,17). The number of hydrogen-bond donors (Lipinski definition) is 3. The number of hydrogen-bond acceptors (Lipinski definition) is 3. The minimum absolute atomic E-state index is 0.417. The van der Waals surface area contributed by atoms with Crippen LogP contribution in [0.5, 0.6) is 0 Å². The van der Waals surface area contributed by atoms with Crippen LogP contribution >= 0.6 is 0 Å². The molecule has 0 saturated carbocycles. The van der Waals surface area contributed by atoms with Crippen LogP contribution in [0.25, 0.3) is 0 Å². The van der Waals surface area contributed by atoms with Crippen molar-refractivity contribution in [3.05, 3.63) is 35.4 Å². The summed E-state index contributed by atoms with van der Waals surface area (Å²) in [6.45, 7) is 2.11. The van der Waals surface area contributed by atoms with Crippen LogP contribution in [-0.4, -0.2) is 27.4 Å². The number of carbonyl (C=O) groups is 1. The van der Waals surface area contributed by atoms with E-state index < -0.39 is 18.2 Å². The number of aliphatic hydroxyl groups is 2. The predicted molar refractivity (Wildman–Crippen MR) is 63.7 cm³/mol. The zero-order valence-electron chi connectivity index (χ0n) is 9.84. The number of aliphatic carboxylic acids is 1. The highest BCUT2D eigenvalue weighted by Crippen LogP contribution is 2.18. The summed E-state index contributed by atoms with van der Waals surface area (Å²) in [4.78, 5) is 10.5. The van der Waals surface area contributed by atoms with E-state index in [1.54, 1.807) is 12.1 Å². The fraction of sp³-hybridized carbons (Fsp3) is 0.462. The molecule has 2 unspecified atom stereocenters. The van der Waals surface area contributed by atoms with Gasteiger partial charge in [0.25, 0.3) is 0 Å². The minimum atomic E-state index is -1.78. The number of aliphatic hydroxyl groups excluding tert-OH is 2. The lowest BCUT2D eigenvalue weighted by molar-refractivity contribution is -0.153. The molecule has 0 aromatic heterocycles. The van der Waals surface area contributed by atoms with Crippen molar-refractivity contribution in [2.75, 3.05) is 0 Å². The molecule has 94 valence electrons. The highest BCUT2D eigenvalue weighted by atomic mass is 16.4. The zero-order chi connectivity index (χ0) is 12.8. The van der Waals surface area contributed by atoms with Gasteiger partial charge in [-0.15, -0.1) is 0 Å². The van der Waals surface area contributed by atoms with Crippen molar-refractivity contribution in [2.24, 2.45) is 0 Å². The van der Waals surface area contributed by atoms with E-state index in [1.165, 1.54) is 0 Å². The van der Waals surface area contributed by atoms with E-state index in [2.05, 4.69) is 6.92 Å². The van der Waals surface area contributed by atoms with E-state index in [4.69, 9.17) is 5.11 Å². The molecule has 0 saturated heterocycles. The lowest BCUT2D eigenvalue weighted by atomic mass is 10.0. The van der Waals surface area contributed by atoms with Gasteiger partial charge in [0.2, 0.25) is 0 Å². The van der Waals surface area contributed by atoms with Crippen LogP contribution in [0.4, 0.5) is 0 Å². The molecule has 0 spiro atoms. The van der Waals surface area contributed by atoms with Crippen LogP contribution in [0.2, 0.25) is 0 Å². The monoisotopic (exact) mass is 238 g/mol. The summed E-state index contributed by atoms with van der Waals surface area (Å²) < 4.78 is 0. The second-order valence-corrected chi connectivity index (χ2v) is 4.07. The molecule has 0 aliphatic heterocycles. The first-order valence-electron chi connectivity index (χ1n) is 5.74. The molecular formula is C13H18O4. The first-order valence-corrected chi connectivity index (χ1v) is 5.74. The van der Waals surface area contributed by atoms with Crippen molar-refractivity contribution < 1.29 is 20.1 Å². The third kappa shape index (κ3) is 3.84. The van der Waals surface area contributed by atoms with Crippen LogP contribution in [0.3, 0.4) is 0 Å². The van der Waals surface area contributed by atoms with Gasteiger partial charge in [-0.25, -0.2) is 4.79 Å². The Hall–Kier alpha value is -1.39. The van der Waals surface area contributed by atoms with Crippen LogP contribution < -0.4 is 0 Å². The number of carboxylic acids is 1. The summed E-state index contributed by atoms with van der Waals surface area (Å²) in [5, 5.41) is 27.4. The molecular weight excluding hydrogens is 220 g/mol. The summed E-state index contributed by atoms with van der Waals surface area (Å²) >= 11 is 0. The Bertz CT molecular complexity index is 358. The normalized spacial score (nSPS) is 14.3. The second-order valence-electron chi connectivity index (χ2n) is 4.07. The van der Waals surface area contributed by atoms with E-state index in [9.17, 15) is 15.0 Å². The number of rotatable bonds is 6. The summed E-state index contributed by atoms with van der Waals surface area (Å²) in [6.07, 6.45) is 0.0139. The molecule has 4 heteroatoms. The van der Waals surface area contributed by atoms with Crippen molar-refractivity contribution >= 4 is 5.97 Å². The first kappa shape index (κ1) is 13.7. The largest absolute Gasteiger partial charge is 0.479 e. The quantitative estimate of drug-likeness (QED) is 0.702. The van der Waals surface area contributed by atoms with Crippen LogP contribution in [-0.2, 0) is 11.2 Å². The molecule has 0 amide bonds. The van der Waals surface area contributed by atoms with Gasteiger partial charge in [0.05, 0.1) is 0 Å². The fourth-order valence-corrected chi connectivity index (χ4v) is 1.58. The Morgan fingerprint density at radius 3 is 2.29 bits per heavy atom. The molecule has 17 heavy (non-hydrogen) atoms. The highest BCUT2D eigenvalue weighted by Gasteiger charge is 2.24. The van der Waals surface area contributed by atoms with E-state index in [0.717, 1.165) is 24.8 Å². The summed E-state index contributed by atoms with van der Waals surface area (Å²) in [5.74, 6) is -1.42. The van der Waals surface area contributed by atoms with Gasteiger partial charge in [-0.3, -0.25) is 0 Å². The molecule has 0 aliphatic carbocycles. The van der Waals surface area contributed by atoms with Gasteiger partial charge in [-0.05, 0) is 24.0 Å². The third-order valence-corrected chi connectivity index (χ3v) is 2.69. The fourth-order valence-electron chi connectivity index (χ4n) is 1.58. The molecule has 1 aromatic rings. The summed E-state index contributed by atoms with van der Waals surface area (Å²) in [5.41, 5.74) is 1.56. The molecule has 4 nitrogen and oxygen atoms in total. The summed E-state index contributed by atoms with van der Waals surface area (Å²) in [7, 11) is 0. The minimum Gasteiger partial charge on any atom is -0.479 e. The van der Waals surface area contributed by atoms with E-state index in [0.29, 0.717) is 5.56 Å².